The van der Waals surface area contributed by atoms with E-state index >= 15 is 0 Å². The summed E-state index contributed by atoms with van der Waals surface area (Å²) in [7, 11) is -4.41. The van der Waals surface area contributed by atoms with E-state index in [1.807, 2.05) is 11.6 Å². The van der Waals surface area contributed by atoms with E-state index in [0.29, 0.717) is 11.2 Å². The monoisotopic (exact) mass is 407 g/mol. The molecule has 0 saturated heterocycles. The highest BCUT2D eigenvalue weighted by Gasteiger charge is 2.36. The van der Waals surface area contributed by atoms with Crippen LogP contribution in [0.2, 0.25) is 0 Å². The average Bonchev–Trinajstić information content (AvgIpc) is 2.84. The van der Waals surface area contributed by atoms with Crippen LogP contribution in [0, 0.1) is 13.8 Å². The number of nitrogens with one attached hydrogen (secondary N) is 2. The zero-order chi connectivity index (χ0) is 19.5. The molecule has 1 amide bonds. The zero-order valence-corrected chi connectivity index (χ0v) is 15.5. The van der Waals surface area contributed by atoms with Crippen LogP contribution in [0.1, 0.15) is 22.6 Å². The number of alkyl halides is 3. The minimum atomic E-state index is -4.80. The summed E-state index contributed by atoms with van der Waals surface area (Å²) in [5.41, 5.74) is -0.486. The number of amides is 1. The fourth-order valence-corrected chi connectivity index (χ4v) is 4.11. The molecule has 0 bridgehead atoms. The van der Waals surface area contributed by atoms with Crippen molar-refractivity contribution in [3.05, 3.63) is 40.4 Å². The predicted molar refractivity (Wildman–Crippen MR) is 91.5 cm³/mol. The van der Waals surface area contributed by atoms with Crippen molar-refractivity contribution in [1.29, 1.82) is 0 Å². The molecule has 0 saturated carbocycles. The maximum Gasteiger partial charge on any atom is 0.417 e. The Morgan fingerprint density at radius 2 is 1.88 bits per heavy atom. The number of benzene rings is 1. The number of rotatable bonds is 6. The molecule has 0 unspecified atom stereocenters. The van der Waals surface area contributed by atoms with E-state index in [9.17, 15) is 26.4 Å². The molecule has 11 heteroatoms. The van der Waals surface area contributed by atoms with E-state index in [1.54, 1.807) is 6.92 Å². The number of sulfonamides is 1. The first-order valence-corrected chi connectivity index (χ1v) is 9.70. The molecule has 0 aliphatic rings. The van der Waals surface area contributed by atoms with E-state index in [4.69, 9.17) is 0 Å². The van der Waals surface area contributed by atoms with Gasteiger partial charge in [0.15, 0.2) is 5.13 Å². The van der Waals surface area contributed by atoms with Gasteiger partial charge in [0.2, 0.25) is 15.9 Å². The van der Waals surface area contributed by atoms with E-state index in [1.165, 1.54) is 17.4 Å². The van der Waals surface area contributed by atoms with Crippen molar-refractivity contribution in [2.24, 2.45) is 0 Å². The van der Waals surface area contributed by atoms with Crippen LogP contribution < -0.4 is 10.0 Å². The molecule has 1 heterocycles. The highest BCUT2D eigenvalue weighted by Crippen LogP contribution is 2.33. The summed E-state index contributed by atoms with van der Waals surface area (Å²) in [6.45, 7) is 3.28. The molecule has 142 valence electrons. The number of aromatic nitrogens is 1. The number of hydrogen-bond donors (Lipinski definition) is 2. The molecule has 1 aromatic heterocycles. The largest absolute Gasteiger partial charge is 0.417 e. The summed E-state index contributed by atoms with van der Waals surface area (Å²) in [5, 5.41) is 2.90. The molecule has 6 nitrogen and oxygen atoms in total. The Kier molecular flexibility index (Phi) is 6.04. The molecule has 0 spiro atoms. The van der Waals surface area contributed by atoms with Gasteiger partial charge in [0.1, 0.15) is 0 Å². The van der Waals surface area contributed by atoms with Crippen LogP contribution in [-0.4, -0.2) is 25.9 Å². The maximum absolute atomic E-state index is 12.9. The second-order valence-electron chi connectivity index (χ2n) is 5.35. The number of carbonyl (C=O) groups is 1. The maximum atomic E-state index is 12.9. The van der Waals surface area contributed by atoms with E-state index in [-0.39, 0.29) is 13.0 Å². The third-order valence-electron chi connectivity index (χ3n) is 3.40. The topological polar surface area (TPSA) is 88.2 Å². The van der Waals surface area contributed by atoms with Crippen LogP contribution in [0.5, 0.6) is 0 Å². The van der Waals surface area contributed by atoms with Crippen molar-refractivity contribution in [2.45, 2.75) is 31.3 Å². The molecule has 0 radical (unpaired) electrons. The summed E-state index contributed by atoms with van der Waals surface area (Å²) < 4.78 is 65.1. The van der Waals surface area contributed by atoms with Crippen molar-refractivity contribution >= 4 is 32.4 Å². The molecule has 0 aliphatic heterocycles. The number of thiazole rings is 1. The molecule has 0 aliphatic carbocycles. The molecular weight excluding hydrogens is 391 g/mol. The van der Waals surface area contributed by atoms with E-state index in [0.717, 1.165) is 22.7 Å². The summed E-state index contributed by atoms with van der Waals surface area (Å²) in [6, 6.07) is 3.86. The SMILES string of the molecule is Cc1nc(NC(=O)CCNS(=O)(=O)c2ccccc2C(F)(F)F)sc1C. The minimum Gasteiger partial charge on any atom is -0.302 e. The number of nitrogens with zero attached hydrogens (tertiary/aromatic N) is 1. The first-order valence-electron chi connectivity index (χ1n) is 7.40. The van der Waals surface area contributed by atoms with E-state index < -0.39 is 32.6 Å². The van der Waals surface area contributed by atoms with Gasteiger partial charge in [-0.15, -0.1) is 11.3 Å². The Hall–Kier alpha value is -1.98. The third kappa shape index (κ3) is 5.02. The summed E-state index contributed by atoms with van der Waals surface area (Å²) in [6.07, 6.45) is -5.05. The Labute approximate surface area is 152 Å². The van der Waals surface area contributed by atoms with Gasteiger partial charge in [0, 0.05) is 17.8 Å². The smallest absolute Gasteiger partial charge is 0.302 e. The third-order valence-corrected chi connectivity index (χ3v) is 5.91. The second kappa shape index (κ2) is 7.72. The lowest BCUT2D eigenvalue weighted by molar-refractivity contribution is -0.139. The Bertz CT molecular complexity index is 889. The standard InChI is InChI=1S/C15H16F3N3O3S2/c1-9-10(2)25-14(20-9)21-13(22)7-8-19-26(23,24)12-6-4-3-5-11(12)15(16,17)18/h3-6,19H,7-8H2,1-2H3,(H,20,21,22). The number of carbonyl (C=O) groups excluding carboxylic acids is 1. The van der Waals surface area contributed by atoms with Gasteiger partial charge in [-0.05, 0) is 26.0 Å². The molecule has 26 heavy (non-hydrogen) atoms. The predicted octanol–water partition coefficient (Wildman–Crippen LogP) is 3.09. The van der Waals surface area contributed by atoms with Crippen LogP contribution in [0.25, 0.3) is 0 Å². The van der Waals surface area contributed by atoms with Crippen molar-refractivity contribution in [3.63, 3.8) is 0 Å². The quantitative estimate of drug-likeness (QED) is 0.770. The van der Waals surface area contributed by atoms with Gasteiger partial charge in [-0.2, -0.15) is 13.2 Å². The van der Waals surface area contributed by atoms with Gasteiger partial charge in [-0.25, -0.2) is 18.1 Å². The van der Waals surface area contributed by atoms with Gasteiger partial charge >= 0.3 is 6.18 Å². The molecule has 0 fully saturated rings. The second-order valence-corrected chi connectivity index (χ2v) is 8.29. The normalized spacial score (nSPS) is 12.2. The first kappa shape index (κ1) is 20.3. The number of halogens is 3. The van der Waals surface area contributed by atoms with Crippen LogP contribution in [0.4, 0.5) is 18.3 Å². The van der Waals surface area contributed by atoms with Crippen molar-refractivity contribution < 1.29 is 26.4 Å². The zero-order valence-electron chi connectivity index (χ0n) is 13.8. The van der Waals surface area contributed by atoms with Crippen LogP contribution in [0.3, 0.4) is 0 Å². The molecule has 2 N–H and O–H groups in total. The molecule has 0 atom stereocenters. The van der Waals surface area contributed by atoms with Crippen LogP contribution in [0.15, 0.2) is 29.2 Å². The lowest BCUT2D eigenvalue weighted by Crippen LogP contribution is -2.29. The Morgan fingerprint density at radius 3 is 2.46 bits per heavy atom. The fraction of sp³-hybridized carbons (Fsp3) is 0.333. The minimum absolute atomic E-state index is 0.245. The number of aryl methyl sites for hydroxylation is 2. The fourth-order valence-electron chi connectivity index (χ4n) is 2.02. The summed E-state index contributed by atoms with van der Waals surface area (Å²) in [4.78, 5) is 16.0. The van der Waals surface area contributed by atoms with Crippen molar-refractivity contribution in [3.8, 4) is 0 Å². The van der Waals surface area contributed by atoms with Gasteiger partial charge in [-0.1, -0.05) is 12.1 Å². The highest BCUT2D eigenvalue weighted by molar-refractivity contribution is 7.89. The van der Waals surface area contributed by atoms with Gasteiger partial charge in [0.25, 0.3) is 0 Å². The lowest BCUT2D eigenvalue weighted by Gasteiger charge is -2.13. The van der Waals surface area contributed by atoms with Gasteiger partial charge < -0.3 is 5.32 Å². The molecular formula is C15H16F3N3O3S2. The Balaban J connectivity index is 2.00. The molecule has 2 rings (SSSR count). The van der Waals surface area contributed by atoms with Crippen LogP contribution in [-0.2, 0) is 21.0 Å². The van der Waals surface area contributed by atoms with Crippen molar-refractivity contribution in [2.75, 3.05) is 11.9 Å². The highest BCUT2D eigenvalue weighted by atomic mass is 32.2. The summed E-state index contributed by atoms with van der Waals surface area (Å²) in [5.74, 6) is -0.495. The summed E-state index contributed by atoms with van der Waals surface area (Å²) >= 11 is 1.28. The number of anilines is 1. The molecule has 1 aromatic carbocycles. The van der Waals surface area contributed by atoms with Crippen LogP contribution >= 0.6 is 11.3 Å². The van der Waals surface area contributed by atoms with E-state index in [2.05, 4.69) is 10.3 Å². The van der Waals surface area contributed by atoms with Gasteiger partial charge in [0.05, 0.1) is 16.2 Å². The Morgan fingerprint density at radius 1 is 1.23 bits per heavy atom. The average molecular weight is 407 g/mol. The number of hydrogen-bond acceptors (Lipinski definition) is 5. The van der Waals surface area contributed by atoms with Crippen molar-refractivity contribution in [1.82, 2.24) is 9.71 Å². The lowest BCUT2D eigenvalue weighted by atomic mass is 10.2. The van der Waals surface area contributed by atoms with Gasteiger partial charge in [-0.3, -0.25) is 4.79 Å². The molecule has 2 aromatic rings. The first-order chi connectivity index (χ1) is 12.0.